The molecule has 40 heavy (non-hydrogen) atoms. The number of carboxylic acids is 1. The van der Waals surface area contributed by atoms with E-state index in [4.69, 9.17) is 0 Å². The molecular formula is C32H36N4O4. The lowest BCUT2D eigenvalue weighted by atomic mass is 9.64. The van der Waals surface area contributed by atoms with Crippen LogP contribution in [-0.2, 0) is 0 Å². The van der Waals surface area contributed by atoms with Crippen LogP contribution < -0.4 is 11.1 Å². The zero-order chi connectivity index (χ0) is 27.1. The van der Waals surface area contributed by atoms with Gasteiger partial charge in [0, 0.05) is 35.9 Å². The van der Waals surface area contributed by atoms with Crippen LogP contribution in [0.2, 0.25) is 0 Å². The number of piperidine rings is 2. The summed E-state index contributed by atoms with van der Waals surface area (Å²) in [6.07, 6.45) is 14.1. The summed E-state index contributed by atoms with van der Waals surface area (Å²) in [5, 5.41) is 9.50. The monoisotopic (exact) mass is 540 g/mol. The summed E-state index contributed by atoms with van der Waals surface area (Å²) in [6, 6.07) is 10.7. The molecule has 5 aliphatic rings. The zero-order valence-electron chi connectivity index (χ0n) is 22.7. The van der Waals surface area contributed by atoms with E-state index in [2.05, 4.69) is 14.9 Å². The second kappa shape index (κ2) is 9.13. The lowest BCUT2D eigenvalue weighted by Gasteiger charge is -2.54. The van der Waals surface area contributed by atoms with Gasteiger partial charge in [-0.15, -0.1) is 0 Å². The number of benzene rings is 1. The molecule has 208 valence electrons. The number of aromatic nitrogens is 3. The molecule has 3 aromatic rings. The van der Waals surface area contributed by atoms with Crippen LogP contribution in [0.15, 0.2) is 46.1 Å². The minimum atomic E-state index is -1.33. The Morgan fingerprint density at radius 3 is 2.48 bits per heavy atom. The molecule has 4 heterocycles. The van der Waals surface area contributed by atoms with Gasteiger partial charge in [-0.25, -0.2) is 9.78 Å². The highest BCUT2D eigenvalue weighted by Gasteiger charge is 2.53. The third-order valence-electron chi connectivity index (χ3n) is 11.2. The van der Waals surface area contributed by atoms with Gasteiger partial charge in [0.2, 0.25) is 0 Å². The number of aromatic carboxylic acids is 1. The lowest BCUT2D eigenvalue weighted by molar-refractivity contribution is -0.0437. The summed E-state index contributed by atoms with van der Waals surface area (Å²) in [7, 11) is 0. The molecule has 2 N–H and O–H groups in total. The van der Waals surface area contributed by atoms with Crippen molar-refractivity contribution in [1.29, 1.82) is 0 Å². The van der Waals surface area contributed by atoms with Crippen molar-refractivity contribution in [2.75, 3.05) is 0 Å². The van der Waals surface area contributed by atoms with Gasteiger partial charge in [0.25, 0.3) is 11.1 Å². The topological polar surface area (TPSA) is 108 Å². The Morgan fingerprint density at radius 2 is 1.68 bits per heavy atom. The van der Waals surface area contributed by atoms with Gasteiger partial charge in [0.15, 0.2) is 0 Å². The highest BCUT2D eigenvalue weighted by molar-refractivity contribution is 5.88. The van der Waals surface area contributed by atoms with Crippen LogP contribution in [0.25, 0.3) is 22.3 Å². The summed E-state index contributed by atoms with van der Waals surface area (Å²) in [6.45, 7) is 0. The van der Waals surface area contributed by atoms with Crippen molar-refractivity contribution in [2.45, 2.75) is 88.4 Å². The van der Waals surface area contributed by atoms with E-state index in [1.165, 1.54) is 63.6 Å². The number of carbonyl (C=O) groups is 1. The predicted molar refractivity (Wildman–Crippen MR) is 151 cm³/mol. The van der Waals surface area contributed by atoms with Gasteiger partial charge in [-0.2, -0.15) is 0 Å². The van der Waals surface area contributed by atoms with E-state index in [-0.39, 0.29) is 17.3 Å². The Kier molecular flexibility index (Phi) is 5.60. The molecule has 8 nitrogen and oxygen atoms in total. The minimum Gasteiger partial charge on any atom is -0.477 e. The summed E-state index contributed by atoms with van der Waals surface area (Å²) < 4.78 is 1.94. The first-order chi connectivity index (χ1) is 19.4. The Labute approximate surface area is 232 Å². The minimum absolute atomic E-state index is 0.0581. The molecule has 5 fully saturated rings. The van der Waals surface area contributed by atoms with Gasteiger partial charge in [0.05, 0.1) is 11.0 Å². The number of fused-ring (bicyclic) bond motifs is 4. The maximum atomic E-state index is 14.2. The van der Waals surface area contributed by atoms with Crippen LogP contribution in [0.3, 0.4) is 0 Å². The van der Waals surface area contributed by atoms with E-state index in [9.17, 15) is 19.5 Å². The van der Waals surface area contributed by atoms with Gasteiger partial charge >= 0.3 is 5.97 Å². The highest BCUT2D eigenvalue weighted by Crippen LogP contribution is 2.59. The zero-order valence-corrected chi connectivity index (χ0v) is 22.7. The van der Waals surface area contributed by atoms with Gasteiger partial charge in [-0.05, 0) is 99.7 Å². The molecular weight excluding hydrogens is 504 g/mol. The van der Waals surface area contributed by atoms with Crippen molar-refractivity contribution < 1.29 is 9.90 Å². The second-order valence-electron chi connectivity index (χ2n) is 13.3. The fraction of sp³-hybridized carbons (Fsp3) is 0.562. The number of rotatable bonds is 4. The molecule has 8 heteroatoms. The molecule has 0 radical (unpaired) electrons. The van der Waals surface area contributed by atoms with Gasteiger partial charge in [-0.1, -0.05) is 18.6 Å². The Morgan fingerprint density at radius 1 is 0.900 bits per heavy atom. The molecule has 2 aromatic heterocycles. The molecule has 0 spiro atoms. The molecule has 8 rings (SSSR count). The Balaban J connectivity index is 1.17. The third kappa shape index (κ3) is 3.75. The van der Waals surface area contributed by atoms with E-state index in [0.29, 0.717) is 29.2 Å². The van der Waals surface area contributed by atoms with Crippen molar-refractivity contribution in [3.63, 3.8) is 0 Å². The first kappa shape index (κ1) is 24.5. The van der Waals surface area contributed by atoms with Crippen molar-refractivity contribution in [2.24, 2.45) is 23.7 Å². The maximum Gasteiger partial charge on any atom is 0.341 e. The number of para-hydroxylation sites is 2. The number of H-pyrrole nitrogens is 1. The van der Waals surface area contributed by atoms with Crippen LogP contribution in [0.1, 0.15) is 80.6 Å². The number of nitrogens with one attached hydrogen (secondary N) is 1. The number of nitrogens with zero attached hydrogens (tertiary/aromatic N) is 3. The molecule has 2 aliphatic heterocycles. The van der Waals surface area contributed by atoms with Crippen LogP contribution in [0, 0.1) is 23.7 Å². The number of aromatic amines is 1. The van der Waals surface area contributed by atoms with E-state index < -0.39 is 17.1 Å². The largest absolute Gasteiger partial charge is 0.477 e. The second-order valence-corrected chi connectivity index (χ2v) is 13.3. The maximum absolute atomic E-state index is 14.2. The summed E-state index contributed by atoms with van der Waals surface area (Å²) in [4.78, 5) is 48.0. The van der Waals surface area contributed by atoms with Crippen molar-refractivity contribution >= 4 is 17.0 Å². The average molecular weight is 541 g/mol. The fourth-order valence-corrected chi connectivity index (χ4v) is 9.71. The summed E-state index contributed by atoms with van der Waals surface area (Å²) in [5.74, 6) is 2.54. The highest BCUT2D eigenvalue weighted by atomic mass is 16.4. The van der Waals surface area contributed by atoms with Crippen LogP contribution in [-0.4, -0.2) is 48.6 Å². The van der Waals surface area contributed by atoms with Gasteiger partial charge < -0.3 is 14.7 Å². The SMILES string of the molecule is O=C(O)c1cc(-c2nc3ccccc3n([C@H]3C[C@H]4CCC[C@@H](C3)N4[C@@H]3C[C@@H]4CC5[C@@H](C4)C[C@H]5C3)c2=O)c[nH]c1=O. The predicted octanol–water partition coefficient (Wildman–Crippen LogP) is 4.83. The number of hydrogen-bond acceptors (Lipinski definition) is 5. The quantitative estimate of drug-likeness (QED) is 0.491. The molecule has 3 aliphatic carbocycles. The van der Waals surface area contributed by atoms with Crippen LogP contribution >= 0.6 is 0 Å². The Hall–Kier alpha value is -3.26. The van der Waals surface area contributed by atoms with E-state index in [1.54, 1.807) is 0 Å². The average Bonchev–Trinajstić information content (AvgIpc) is 3.16. The third-order valence-corrected chi connectivity index (χ3v) is 11.2. The number of carboxylic acid groups (broad SMARTS) is 1. The fourth-order valence-electron chi connectivity index (χ4n) is 9.71. The number of hydrogen-bond donors (Lipinski definition) is 2. The number of pyridine rings is 1. The van der Waals surface area contributed by atoms with E-state index >= 15 is 0 Å². The normalized spacial score (nSPS) is 34.8. The van der Waals surface area contributed by atoms with Gasteiger partial charge in [-0.3, -0.25) is 14.5 Å². The standard InChI is InChI=1S/C32H36N4O4/c37-30-26(32(39)40)13-20(16-33-30)29-31(38)36(28-7-2-1-6-27(28)34-29)24-14-21-4-3-5-22(15-24)35(21)23-9-17-8-18-11-19(12-23)25(18)10-17/h1-2,6-7,13,16-19,21-25H,3-5,8-12,14-15H2,(H,33,37)(H,39,40)/t17-,18+,19+,21-,22+,23-,24+,25?/m1/s1. The molecule has 1 unspecified atom stereocenters. The summed E-state index contributed by atoms with van der Waals surface area (Å²) >= 11 is 0. The molecule has 0 amide bonds. The van der Waals surface area contributed by atoms with Crippen LogP contribution in [0.5, 0.6) is 0 Å². The molecule has 8 atom stereocenters. The first-order valence-corrected chi connectivity index (χ1v) is 15.2. The van der Waals surface area contributed by atoms with Crippen LogP contribution in [0.4, 0.5) is 0 Å². The smallest absolute Gasteiger partial charge is 0.341 e. The van der Waals surface area contributed by atoms with E-state index in [0.717, 1.165) is 42.0 Å². The Bertz CT molecular complexity index is 1610. The van der Waals surface area contributed by atoms with Gasteiger partial charge in [0.1, 0.15) is 11.3 Å². The lowest BCUT2D eigenvalue weighted by Crippen LogP contribution is -2.58. The van der Waals surface area contributed by atoms with E-state index in [1.807, 2.05) is 28.8 Å². The van der Waals surface area contributed by atoms with Crippen molar-refractivity contribution in [3.8, 4) is 11.3 Å². The van der Waals surface area contributed by atoms with Crippen molar-refractivity contribution in [1.82, 2.24) is 19.4 Å². The molecule has 1 aromatic carbocycles. The first-order valence-electron chi connectivity index (χ1n) is 15.2. The molecule has 4 bridgehead atoms. The molecule has 3 saturated carbocycles. The van der Waals surface area contributed by atoms with Crippen molar-refractivity contribution in [3.05, 3.63) is 62.8 Å². The molecule has 2 saturated heterocycles. The summed E-state index contributed by atoms with van der Waals surface area (Å²) in [5.41, 5.74) is 0.731.